The number of benzene rings is 2. The highest BCUT2D eigenvalue weighted by Gasteiger charge is 2.27. The average Bonchev–Trinajstić information content (AvgIpc) is 3.04. The second-order valence-corrected chi connectivity index (χ2v) is 6.63. The van der Waals surface area contributed by atoms with E-state index in [1.54, 1.807) is 7.11 Å². The number of carbonyl (C=O) groups excluding carboxylic acids is 1. The Morgan fingerprint density at radius 1 is 1.20 bits per heavy atom. The largest absolute Gasteiger partial charge is 0.497 e. The number of fused-ring (bicyclic) bond motifs is 3. The van der Waals surface area contributed by atoms with Crippen LogP contribution in [0.4, 0.5) is 0 Å². The zero-order valence-electron chi connectivity index (χ0n) is 14.3. The maximum Gasteiger partial charge on any atom is 0.223 e. The van der Waals surface area contributed by atoms with E-state index in [4.69, 9.17) is 4.74 Å². The Bertz CT molecular complexity index is 896. The van der Waals surface area contributed by atoms with E-state index in [1.165, 1.54) is 22.2 Å². The fourth-order valence-electron chi connectivity index (χ4n) is 3.67. The van der Waals surface area contributed by atoms with Gasteiger partial charge in [-0.1, -0.05) is 30.3 Å². The van der Waals surface area contributed by atoms with Crippen LogP contribution in [0.1, 0.15) is 23.2 Å². The first-order chi connectivity index (χ1) is 12.2. The van der Waals surface area contributed by atoms with Crippen molar-refractivity contribution in [2.45, 2.75) is 25.8 Å². The number of rotatable bonds is 4. The third-order valence-corrected chi connectivity index (χ3v) is 5.09. The van der Waals surface area contributed by atoms with Crippen LogP contribution in [0.25, 0.3) is 10.9 Å². The lowest BCUT2D eigenvalue weighted by atomic mass is 9.86. The van der Waals surface area contributed by atoms with E-state index >= 15 is 0 Å². The summed E-state index contributed by atoms with van der Waals surface area (Å²) < 4.78 is 5.16. The summed E-state index contributed by atoms with van der Waals surface area (Å²) in [6.45, 7) is 0.556. The quantitative estimate of drug-likeness (QED) is 0.766. The van der Waals surface area contributed by atoms with Crippen molar-refractivity contribution in [2.75, 3.05) is 7.11 Å². The standard InChI is InChI=1S/C21H22N2O2/c1-25-16-9-6-14(7-10-16)13-22-21(24)15-8-11-20-18(12-15)17-4-2-3-5-19(17)23-20/h2-7,9-10,15,23H,8,11-13H2,1H3,(H,22,24). The van der Waals surface area contributed by atoms with E-state index in [1.807, 2.05) is 30.3 Å². The Balaban J connectivity index is 1.43. The van der Waals surface area contributed by atoms with Gasteiger partial charge in [-0.25, -0.2) is 0 Å². The molecular formula is C21H22N2O2. The topological polar surface area (TPSA) is 54.1 Å². The van der Waals surface area contributed by atoms with Crippen LogP contribution >= 0.6 is 0 Å². The number of H-pyrrole nitrogens is 1. The minimum atomic E-state index is 0.0463. The molecule has 0 bridgehead atoms. The van der Waals surface area contributed by atoms with Crippen LogP contribution in [0.5, 0.6) is 5.75 Å². The molecule has 1 amide bonds. The van der Waals surface area contributed by atoms with Gasteiger partial charge >= 0.3 is 0 Å². The van der Waals surface area contributed by atoms with E-state index in [9.17, 15) is 4.79 Å². The molecule has 128 valence electrons. The van der Waals surface area contributed by atoms with E-state index in [-0.39, 0.29) is 11.8 Å². The zero-order chi connectivity index (χ0) is 17.2. The molecule has 1 aliphatic rings. The first kappa shape index (κ1) is 15.8. The molecule has 3 aromatic rings. The highest BCUT2D eigenvalue weighted by molar-refractivity contribution is 5.87. The van der Waals surface area contributed by atoms with Crippen molar-refractivity contribution < 1.29 is 9.53 Å². The SMILES string of the molecule is COc1ccc(CNC(=O)C2CCc3[nH]c4ccccc4c3C2)cc1. The van der Waals surface area contributed by atoms with Crippen LogP contribution in [-0.4, -0.2) is 18.0 Å². The summed E-state index contributed by atoms with van der Waals surface area (Å²) in [4.78, 5) is 16.1. The van der Waals surface area contributed by atoms with Crippen molar-refractivity contribution in [1.29, 1.82) is 0 Å². The molecule has 1 atom stereocenters. The van der Waals surface area contributed by atoms with Gasteiger partial charge in [0.2, 0.25) is 5.91 Å². The zero-order valence-corrected chi connectivity index (χ0v) is 14.3. The summed E-state index contributed by atoms with van der Waals surface area (Å²) in [5.74, 6) is 1.02. The van der Waals surface area contributed by atoms with Crippen molar-refractivity contribution in [2.24, 2.45) is 5.92 Å². The third kappa shape index (κ3) is 3.12. The van der Waals surface area contributed by atoms with Gasteiger partial charge in [-0.05, 0) is 48.6 Å². The second-order valence-electron chi connectivity index (χ2n) is 6.63. The molecule has 2 N–H and O–H groups in total. The molecule has 0 spiro atoms. The highest BCUT2D eigenvalue weighted by atomic mass is 16.5. The number of aromatic amines is 1. The molecule has 1 heterocycles. The van der Waals surface area contributed by atoms with Crippen LogP contribution in [0, 0.1) is 5.92 Å². The molecule has 0 saturated carbocycles. The van der Waals surface area contributed by atoms with Crippen molar-refractivity contribution in [3.8, 4) is 5.75 Å². The van der Waals surface area contributed by atoms with Gasteiger partial charge in [0.05, 0.1) is 7.11 Å². The number of hydrogen-bond acceptors (Lipinski definition) is 2. The number of aromatic nitrogens is 1. The maximum absolute atomic E-state index is 12.6. The summed E-state index contributed by atoms with van der Waals surface area (Å²) in [6.07, 6.45) is 2.65. The summed E-state index contributed by atoms with van der Waals surface area (Å²) in [5.41, 5.74) is 4.86. The van der Waals surface area contributed by atoms with Crippen LogP contribution in [0.15, 0.2) is 48.5 Å². The highest BCUT2D eigenvalue weighted by Crippen LogP contribution is 2.31. The number of para-hydroxylation sites is 1. The number of aryl methyl sites for hydroxylation is 1. The van der Waals surface area contributed by atoms with Gasteiger partial charge in [-0.15, -0.1) is 0 Å². The Kier molecular flexibility index (Phi) is 4.18. The molecule has 1 aliphatic carbocycles. The molecule has 1 aromatic heterocycles. The van der Waals surface area contributed by atoms with E-state index < -0.39 is 0 Å². The number of nitrogens with one attached hydrogen (secondary N) is 2. The molecule has 2 aromatic carbocycles. The van der Waals surface area contributed by atoms with Gasteiger partial charge in [0.1, 0.15) is 5.75 Å². The molecule has 1 unspecified atom stereocenters. The lowest BCUT2D eigenvalue weighted by molar-refractivity contribution is -0.125. The number of amides is 1. The van der Waals surface area contributed by atoms with Crippen molar-refractivity contribution >= 4 is 16.8 Å². The first-order valence-electron chi connectivity index (χ1n) is 8.73. The second kappa shape index (κ2) is 6.63. The summed E-state index contributed by atoms with van der Waals surface area (Å²) in [6, 6.07) is 16.2. The summed E-state index contributed by atoms with van der Waals surface area (Å²) in [5, 5.41) is 4.34. The van der Waals surface area contributed by atoms with E-state index in [2.05, 4.69) is 28.5 Å². The molecule has 4 rings (SSSR count). The fourth-order valence-corrected chi connectivity index (χ4v) is 3.67. The smallest absolute Gasteiger partial charge is 0.223 e. The van der Waals surface area contributed by atoms with Crippen LogP contribution in [-0.2, 0) is 24.2 Å². The Morgan fingerprint density at radius 2 is 2.00 bits per heavy atom. The summed E-state index contributed by atoms with van der Waals surface area (Å²) in [7, 11) is 1.65. The molecular weight excluding hydrogens is 312 g/mol. The first-order valence-corrected chi connectivity index (χ1v) is 8.73. The average molecular weight is 334 g/mol. The van der Waals surface area contributed by atoms with E-state index in [0.29, 0.717) is 6.54 Å². The van der Waals surface area contributed by atoms with Crippen LogP contribution < -0.4 is 10.1 Å². The van der Waals surface area contributed by atoms with Gasteiger partial charge in [-0.2, -0.15) is 0 Å². The maximum atomic E-state index is 12.6. The number of ether oxygens (including phenoxy) is 1. The molecule has 4 nitrogen and oxygen atoms in total. The number of methoxy groups -OCH3 is 1. The van der Waals surface area contributed by atoms with Gasteiger partial charge in [-0.3, -0.25) is 4.79 Å². The van der Waals surface area contributed by atoms with Crippen molar-refractivity contribution in [3.05, 3.63) is 65.4 Å². The van der Waals surface area contributed by atoms with Crippen molar-refractivity contribution in [3.63, 3.8) is 0 Å². The minimum Gasteiger partial charge on any atom is -0.497 e. The van der Waals surface area contributed by atoms with E-state index in [0.717, 1.165) is 30.6 Å². The van der Waals surface area contributed by atoms with Gasteiger partial charge in [0.25, 0.3) is 0 Å². The van der Waals surface area contributed by atoms with Gasteiger partial charge in [0, 0.05) is 29.1 Å². The normalized spacial score (nSPS) is 16.4. The Hall–Kier alpha value is -2.75. The van der Waals surface area contributed by atoms with Crippen LogP contribution in [0.3, 0.4) is 0 Å². The molecule has 0 saturated heterocycles. The van der Waals surface area contributed by atoms with Gasteiger partial charge < -0.3 is 15.0 Å². The Labute approximate surface area is 147 Å². The summed E-state index contributed by atoms with van der Waals surface area (Å²) >= 11 is 0. The monoisotopic (exact) mass is 334 g/mol. The number of carbonyl (C=O) groups is 1. The van der Waals surface area contributed by atoms with Gasteiger partial charge in [0.15, 0.2) is 0 Å². The molecule has 0 radical (unpaired) electrons. The Morgan fingerprint density at radius 3 is 2.80 bits per heavy atom. The lowest BCUT2D eigenvalue weighted by Crippen LogP contribution is -2.33. The number of hydrogen-bond donors (Lipinski definition) is 2. The fraction of sp³-hybridized carbons (Fsp3) is 0.286. The molecule has 25 heavy (non-hydrogen) atoms. The predicted octanol–water partition coefficient (Wildman–Crippen LogP) is 3.60. The molecule has 0 aliphatic heterocycles. The minimum absolute atomic E-state index is 0.0463. The van der Waals surface area contributed by atoms with Crippen LogP contribution in [0.2, 0.25) is 0 Å². The lowest BCUT2D eigenvalue weighted by Gasteiger charge is -2.22. The molecule has 0 fully saturated rings. The molecule has 4 heteroatoms. The predicted molar refractivity (Wildman–Crippen MR) is 98.7 cm³/mol. The third-order valence-electron chi connectivity index (χ3n) is 5.09. The van der Waals surface area contributed by atoms with Crippen molar-refractivity contribution in [1.82, 2.24) is 10.3 Å².